The average molecular weight is 340 g/mol. The Hall–Kier alpha value is -3.48. The van der Waals surface area contributed by atoms with E-state index < -0.39 is 11.9 Å². The van der Waals surface area contributed by atoms with Crippen LogP contribution < -0.4 is 0 Å². The summed E-state index contributed by atoms with van der Waals surface area (Å²) in [5, 5.41) is 26.7. The molecule has 2 N–H and O–H groups in total. The first-order valence-corrected chi connectivity index (χ1v) is 7.29. The fourth-order valence-corrected chi connectivity index (χ4v) is 2.00. The standard InChI is InChI=1S/C18H16N2O5/c1-11(2)25-18(24)14-10-13(7-8-16(14)21)19-20-15-6-4-3-5-12(15)9-17(22)23/h3-8,10,21H,1,9H2,2H3,(H,22,23). The van der Waals surface area contributed by atoms with Crippen LogP contribution in [0.25, 0.3) is 0 Å². The zero-order valence-electron chi connectivity index (χ0n) is 13.5. The number of phenols is 1. The van der Waals surface area contributed by atoms with Crippen molar-refractivity contribution < 1.29 is 24.5 Å². The molecule has 0 spiro atoms. The van der Waals surface area contributed by atoms with E-state index in [4.69, 9.17) is 9.84 Å². The average Bonchev–Trinajstić information content (AvgIpc) is 2.54. The van der Waals surface area contributed by atoms with E-state index in [0.29, 0.717) is 16.9 Å². The van der Waals surface area contributed by atoms with Crippen LogP contribution in [0.1, 0.15) is 22.8 Å². The SMILES string of the molecule is C=C(C)OC(=O)c1cc(N=Nc2ccccc2CC(=O)O)ccc1O. The first kappa shape index (κ1) is 17.9. The van der Waals surface area contributed by atoms with Gasteiger partial charge >= 0.3 is 11.9 Å². The van der Waals surface area contributed by atoms with Gasteiger partial charge in [-0.15, -0.1) is 0 Å². The van der Waals surface area contributed by atoms with Crippen molar-refractivity contribution >= 4 is 23.3 Å². The minimum atomic E-state index is -0.975. The molecule has 2 rings (SSSR count). The van der Waals surface area contributed by atoms with Crippen molar-refractivity contribution in [3.8, 4) is 5.75 Å². The van der Waals surface area contributed by atoms with Crippen molar-refractivity contribution in [2.24, 2.45) is 10.2 Å². The fourth-order valence-electron chi connectivity index (χ4n) is 2.00. The lowest BCUT2D eigenvalue weighted by Gasteiger charge is -2.06. The minimum absolute atomic E-state index is 0.0710. The number of hydrogen-bond donors (Lipinski definition) is 2. The third kappa shape index (κ3) is 5.00. The molecule has 0 radical (unpaired) electrons. The van der Waals surface area contributed by atoms with E-state index in [2.05, 4.69) is 16.8 Å². The van der Waals surface area contributed by atoms with Gasteiger partial charge in [-0.25, -0.2) is 4.79 Å². The molecule has 0 saturated carbocycles. The molecule has 25 heavy (non-hydrogen) atoms. The number of carboxylic acids is 1. The van der Waals surface area contributed by atoms with Gasteiger partial charge in [0.15, 0.2) is 0 Å². The van der Waals surface area contributed by atoms with Gasteiger partial charge in [0.05, 0.1) is 23.6 Å². The summed E-state index contributed by atoms with van der Waals surface area (Å²) in [5.41, 5.74) is 1.15. The van der Waals surface area contributed by atoms with Crippen LogP contribution >= 0.6 is 0 Å². The fraction of sp³-hybridized carbons (Fsp3) is 0.111. The van der Waals surface area contributed by atoms with Crippen LogP contribution in [0.2, 0.25) is 0 Å². The second-order valence-corrected chi connectivity index (χ2v) is 5.19. The van der Waals surface area contributed by atoms with E-state index in [-0.39, 0.29) is 23.5 Å². The summed E-state index contributed by atoms with van der Waals surface area (Å²) in [7, 11) is 0. The largest absolute Gasteiger partial charge is 0.507 e. The van der Waals surface area contributed by atoms with Crippen LogP contribution in [0.15, 0.2) is 65.0 Å². The summed E-state index contributed by atoms with van der Waals surface area (Å²) in [6.45, 7) is 4.98. The molecule has 7 heteroatoms. The van der Waals surface area contributed by atoms with Crippen LogP contribution in [0.5, 0.6) is 5.75 Å². The highest BCUT2D eigenvalue weighted by atomic mass is 16.5. The molecule has 0 aromatic heterocycles. The number of nitrogens with zero attached hydrogens (tertiary/aromatic N) is 2. The number of carbonyl (C=O) groups is 2. The predicted molar refractivity (Wildman–Crippen MR) is 90.3 cm³/mol. The van der Waals surface area contributed by atoms with Crippen molar-refractivity contribution in [2.75, 3.05) is 0 Å². The monoisotopic (exact) mass is 340 g/mol. The highest BCUT2D eigenvalue weighted by Gasteiger charge is 2.14. The number of allylic oxidation sites excluding steroid dienone is 1. The Morgan fingerprint density at radius 1 is 1.16 bits per heavy atom. The Bertz CT molecular complexity index is 858. The molecule has 0 atom stereocenters. The van der Waals surface area contributed by atoms with Crippen LogP contribution in [-0.4, -0.2) is 22.2 Å². The third-order valence-electron chi connectivity index (χ3n) is 3.07. The maximum absolute atomic E-state index is 11.9. The number of carboxylic acid groups (broad SMARTS) is 1. The number of hydrogen-bond acceptors (Lipinski definition) is 6. The quantitative estimate of drug-likeness (QED) is 0.467. The molecular weight excluding hydrogens is 324 g/mol. The molecule has 2 aromatic rings. The molecule has 0 saturated heterocycles. The molecule has 0 aliphatic heterocycles. The first-order chi connectivity index (χ1) is 11.9. The van der Waals surface area contributed by atoms with E-state index in [0.717, 1.165) is 0 Å². The Labute approximate surface area is 143 Å². The van der Waals surface area contributed by atoms with Gasteiger partial charge in [0.1, 0.15) is 11.3 Å². The summed E-state index contributed by atoms with van der Waals surface area (Å²) in [6.07, 6.45) is -0.180. The Kier molecular flexibility index (Phi) is 5.62. The van der Waals surface area contributed by atoms with Crippen molar-refractivity contribution in [3.63, 3.8) is 0 Å². The lowest BCUT2D eigenvalue weighted by Crippen LogP contribution is -2.03. The normalized spacial score (nSPS) is 10.6. The number of ether oxygens (including phenoxy) is 1. The topological polar surface area (TPSA) is 109 Å². The van der Waals surface area contributed by atoms with Gasteiger partial charge in [0, 0.05) is 0 Å². The zero-order chi connectivity index (χ0) is 18.4. The highest BCUT2D eigenvalue weighted by molar-refractivity contribution is 5.93. The summed E-state index contributed by atoms with van der Waals surface area (Å²) < 4.78 is 4.87. The number of phenolic OH excluding ortho intramolecular Hbond substituents is 1. The van der Waals surface area contributed by atoms with Crippen molar-refractivity contribution in [1.82, 2.24) is 0 Å². The van der Waals surface area contributed by atoms with Crippen molar-refractivity contribution in [2.45, 2.75) is 13.3 Å². The number of rotatable bonds is 6. The van der Waals surface area contributed by atoms with Crippen molar-refractivity contribution in [3.05, 3.63) is 65.9 Å². The molecule has 2 aromatic carbocycles. The van der Waals surface area contributed by atoms with Gasteiger partial charge in [0.2, 0.25) is 0 Å². The Morgan fingerprint density at radius 2 is 1.88 bits per heavy atom. The summed E-state index contributed by atoms with van der Waals surface area (Å²) in [6, 6.07) is 10.8. The lowest BCUT2D eigenvalue weighted by molar-refractivity contribution is -0.136. The lowest BCUT2D eigenvalue weighted by atomic mass is 10.1. The molecule has 0 aliphatic rings. The molecule has 0 amide bonds. The first-order valence-electron chi connectivity index (χ1n) is 7.29. The van der Waals surface area contributed by atoms with Crippen LogP contribution in [0.4, 0.5) is 11.4 Å². The molecule has 0 bridgehead atoms. The maximum atomic E-state index is 11.9. The zero-order valence-corrected chi connectivity index (χ0v) is 13.5. The Balaban J connectivity index is 2.29. The van der Waals surface area contributed by atoms with Crippen LogP contribution in [0, 0.1) is 0 Å². The van der Waals surface area contributed by atoms with Crippen LogP contribution in [0.3, 0.4) is 0 Å². The van der Waals surface area contributed by atoms with Gasteiger partial charge in [-0.05, 0) is 36.8 Å². The maximum Gasteiger partial charge on any atom is 0.347 e. The number of esters is 1. The van der Waals surface area contributed by atoms with Gasteiger partial charge in [0.25, 0.3) is 0 Å². The van der Waals surface area contributed by atoms with Crippen LogP contribution in [-0.2, 0) is 16.0 Å². The Morgan fingerprint density at radius 3 is 2.56 bits per heavy atom. The molecular formula is C18H16N2O5. The summed E-state index contributed by atoms with van der Waals surface area (Å²) in [4.78, 5) is 22.8. The van der Waals surface area contributed by atoms with E-state index in [1.165, 1.54) is 25.1 Å². The summed E-state index contributed by atoms with van der Waals surface area (Å²) >= 11 is 0. The second-order valence-electron chi connectivity index (χ2n) is 5.19. The van der Waals surface area contributed by atoms with Gasteiger partial charge in [-0.1, -0.05) is 24.8 Å². The number of azo groups is 1. The molecule has 128 valence electrons. The van der Waals surface area contributed by atoms with Gasteiger partial charge in [-0.2, -0.15) is 10.2 Å². The number of benzene rings is 2. The van der Waals surface area contributed by atoms with E-state index in [9.17, 15) is 14.7 Å². The van der Waals surface area contributed by atoms with Gasteiger partial charge < -0.3 is 14.9 Å². The molecule has 0 heterocycles. The second kappa shape index (κ2) is 7.87. The molecule has 0 aliphatic carbocycles. The third-order valence-corrected chi connectivity index (χ3v) is 3.07. The summed E-state index contributed by atoms with van der Waals surface area (Å²) in [5.74, 6) is -1.79. The smallest absolute Gasteiger partial charge is 0.347 e. The van der Waals surface area contributed by atoms with Crippen molar-refractivity contribution in [1.29, 1.82) is 0 Å². The number of aromatic hydroxyl groups is 1. The molecule has 0 fully saturated rings. The van der Waals surface area contributed by atoms with E-state index >= 15 is 0 Å². The van der Waals surface area contributed by atoms with Gasteiger partial charge in [-0.3, -0.25) is 4.79 Å². The molecule has 7 nitrogen and oxygen atoms in total. The number of carbonyl (C=O) groups excluding carboxylic acids is 1. The highest BCUT2D eigenvalue weighted by Crippen LogP contribution is 2.27. The van der Waals surface area contributed by atoms with E-state index in [1.807, 2.05) is 0 Å². The predicted octanol–water partition coefficient (Wildman–Crippen LogP) is 4.13. The number of aliphatic carboxylic acids is 1. The van der Waals surface area contributed by atoms with E-state index in [1.54, 1.807) is 24.3 Å². The minimum Gasteiger partial charge on any atom is -0.507 e. The molecule has 0 unspecified atom stereocenters.